The molecular formula is C16H17NO4. The van der Waals surface area contributed by atoms with Crippen LogP contribution in [0.25, 0.3) is 0 Å². The van der Waals surface area contributed by atoms with E-state index in [0.717, 1.165) is 11.5 Å². The van der Waals surface area contributed by atoms with Crippen molar-refractivity contribution in [2.24, 2.45) is 0 Å². The van der Waals surface area contributed by atoms with Crippen molar-refractivity contribution in [2.75, 3.05) is 20.3 Å². The highest BCUT2D eigenvalue weighted by atomic mass is 16.5. The number of hydrogen-bond acceptors (Lipinski definition) is 4. The second-order valence-corrected chi connectivity index (χ2v) is 4.15. The number of carbonyl (C=O) groups excluding carboxylic acids is 1. The molecule has 0 spiro atoms. The molecule has 0 aliphatic carbocycles. The smallest absolute Gasteiger partial charge is 0.406 e. The highest BCUT2D eigenvalue weighted by Crippen LogP contribution is 2.23. The summed E-state index contributed by atoms with van der Waals surface area (Å²) < 4.78 is 15.6. The van der Waals surface area contributed by atoms with Crippen LogP contribution in [0.3, 0.4) is 0 Å². The van der Waals surface area contributed by atoms with Gasteiger partial charge in [0, 0.05) is 0 Å². The van der Waals surface area contributed by atoms with Crippen LogP contribution in [-0.2, 0) is 4.74 Å². The Balaban J connectivity index is 1.78. The molecule has 0 bridgehead atoms. The van der Waals surface area contributed by atoms with Crippen LogP contribution in [-0.4, -0.2) is 26.4 Å². The lowest BCUT2D eigenvalue weighted by Crippen LogP contribution is -2.27. The molecule has 0 heterocycles. The SMILES string of the molecule is COC(=O)NCCOc1ccc(Oc2ccccc2)cc1. The van der Waals surface area contributed by atoms with Crippen LogP contribution in [0.5, 0.6) is 17.2 Å². The third-order valence-electron chi connectivity index (χ3n) is 2.63. The number of benzene rings is 2. The quantitative estimate of drug-likeness (QED) is 0.829. The zero-order valence-corrected chi connectivity index (χ0v) is 11.7. The number of hydrogen-bond donors (Lipinski definition) is 1. The summed E-state index contributed by atoms with van der Waals surface area (Å²) in [5.41, 5.74) is 0. The van der Waals surface area contributed by atoms with Gasteiger partial charge in [0.05, 0.1) is 13.7 Å². The first kappa shape index (κ1) is 14.7. The predicted octanol–water partition coefficient (Wildman–Crippen LogP) is 3.21. The van der Waals surface area contributed by atoms with Crippen LogP contribution >= 0.6 is 0 Å². The second-order valence-electron chi connectivity index (χ2n) is 4.15. The maximum absolute atomic E-state index is 10.8. The molecule has 1 N–H and O–H groups in total. The fraction of sp³-hybridized carbons (Fsp3) is 0.188. The Kier molecular flexibility index (Phi) is 5.46. The van der Waals surface area contributed by atoms with E-state index in [4.69, 9.17) is 9.47 Å². The van der Waals surface area contributed by atoms with Crippen molar-refractivity contribution in [1.82, 2.24) is 5.32 Å². The van der Waals surface area contributed by atoms with Crippen molar-refractivity contribution >= 4 is 6.09 Å². The van der Waals surface area contributed by atoms with E-state index in [1.54, 1.807) is 0 Å². The Morgan fingerprint density at radius 2 is 1.57 bits per heavy atom. The highest BCUT2D eigenvalue weighted by molar-refractivity contribution is 5.66. The number of carbonyl (C=O) groups is 1. The summed E-state index contributed by atoms with van der Waals surface area (Å²) in [7, 11) is 1.32. The molecule has 0 saturated carbocycles. The fourth-order valence-corrected chi connectivity index (χ4v) is 1.62. The number of ether oxygens (including phenoxy) is 3. The number of nitrogens with one attached hydrogen (secondary N) is 1. The fourth-order valence-electron chi connectivity index (χ4n) is 1.62. The monoisotopic (exact) mass is 287 g/mol. The van der Waals surface area contributed by atoms with E-state index < -0.39 is 6.09 Å². The minimum absolute atomic E-state index is 0.369. The predicted molar refractivity (Wildman–Crippen MR) is 78.9 cm³/mol. The number of methoxy groups -OCH3 is 1. The molecule has 0 fully saturated rings. The molecule has 5 heteroatoms. The van der Waals surface area contributed by atoms with Crippen LogP contribution < -0.4 is 14.8 Å². The first-order chi connectivity index (χ1) is 10.3. The Morgan fingerprint density at radius 3 is 2.24 bits per heavy atom. The van der Waals surface area contributed by atoms with Gasteiger partial charge in [-0.15, -0.1) is 0 Å². The third kappa shape index (κ3) is 5.06. The molecule has 0 unspecified atom stereocenters. The van der Waals surface area contributed by atoms with Crippen LogP contribution in [0.15, 0.2) is 54.6 Å². The van der Waals surface area contributed by atoms with Gasteiger partial charge in [0.15, 0.2) is 0 Å². The van der Waals surface area contributed by atoms with E-state index >= 15 is 0 Å². The molecule has 0 aromatic heterocycles. The summed E-state index contributed by atoms with van der Waals surface area (Å²) in [4.78, 5) is 10.8. The molecule has 0 atom stereocenters. The minimum atomic E-state index is -0.467. The summed E-state index contributed by atoms with van der Waals surface area (Å²) in [5, 5.41) is 2.54. The summed E-state index contributed by atoms with van der Waals surface area (Å²) in [6, 6.07) is 16.8. The van der Waals surface area contributed by atoms with Crippen LogP contribution in [0.1, 0.15) is 0 Å². The van der Waals surface area contributed by atoms with Gasteiger partial charge in [-0.25, -0.2) is 4.79 Å². The molecule has 0 aliphatic rings. The van der Waals surface area contributed by atoms with Gasteiger partial charge in [-0.2, -0.15) is 0 Å². The second kappa shape index (κ2) is 7.79. The van der Waals surface area contributed by atoms with Crippen molar-refractivity contribution in [3.8, 4) is 17.2 Å². The van der Waals surface area contributed by atoms with Gasteiger partial charge in [0.25, 0.3) is 0 Å². The summed E-state index contributed by atoms with van der Waals surface area (Å²) in [6.07, 6.45) is -0.467. The zero-order valence-electron chi connectivity index (χ0n) is 11.7. The first-order valence-electron chi connectivity index (χ1n) is 6.55. The summed E-state index contributed by atoms with van der Waals surface area (Å²) in [5.74, 6) is 2.23. The number of alkyl carbamates (subject to hydrolysis) is 1. The third-order valence-corrected chi connectivity index (χ3v) is 2.63. The van der Waals surface area contributed by atoms with Gasteiger partial charge >= 0.3 is 6.09 Å². The molecule has 0 saturated heterocycles. The van der Waals surface area contributed by atoms with Gasteiger partial charge in [-0.3, -0.25) is 0 Å². The van der Waals surface area contributed by atoms with Gasteiger partial charge in [0.1, 0.15) is 23.9 Å². The largest absolute Gasteiger partial charge is 0.492 e. The van der Waals surface area contributed by atoms with E-state index in [2.05, 4.69) is 10.1 Å². The average molecular weight is 287 g/mol. The maximum Gasteiger partial charge on any atom is 0.406 e. The molecule has 110 valence electrons. The van der Waals surface area contributed by atoms with Gasteiger partial charge in [-0.05, 0) is 36.4 Å². The summed E-state index contributed by atoms with van der Waals surface area (Å²) in [6.45, 7) is 0.753. The molecule has 1 amide bonds. The maximum atomic E-state index is 10.8. The van der Waals surface area contributed by atoms with E-state index in [1.165, 1.54) is 7.11 Å². The van der Waals surface area contributed by atoms with E-state index in [-0.39, 0.29) is 0 Å². The van der Waals surface area contributed by atoms with Crippen molar-refractivity contribution in [3.05, 3.63) is 54.6 Å². The number of rotatable bonds is 6. The molecule has 0 aliphatic heterocycles. The van der Waals surface area contributed by atoms with Crippen molar-refractivity contribution in [3.63, 3.8) is 0 Å². The van der Waals surface area contributed by atoms with Crippen molar-refractivity contribution < 1.29 is 19.0 Å². The van der Waals surface area contributed by atoms with Gasteiger partial charge in [0.2, 0.25) is 0 Å². The highest BCUT2D eigenvalue weighted by Gasteiger charge is 2.00. The van der Waals surface area contributed by atoms with Crippen LogP contribution in [0.4, 0.5) is 4.79 Å². The lowest BCUT2D eigenvalue weighted by atomic mass is 10.3. The zero-order chi connectivity index (χ0) is 14.9. The van der Waals surface area contributed by atoms with Crippen LogP contribution in [0.2, 0.25) is 0 Å². The molecule has 2 aromatic carbocycles. The average Bonchev–Trinajstić information content (AvgIpc) is 2.54. The molecule has 21 heavy (non-hydrogen) atoms. The van der Waals surface area contributed by atoms with Gasteiger partial charge in [-0.1, -0.05) is 18.2 Å². The molecule has 0 radical (unpaired) electrons. The Bertz CT molecular complexity index is 554. The lowest BCUT2D eigenvalue weighted by molar-refractivity contribution is 0.168. The summed E-state index contributed by atoms with van der Waals surface area (Å²) >= 11 is 0. The Hall–Kier alpha value is -2.69. The number of para-hydroxylation sites is 1. The van der Waals surface area contributed by atoms with Crippen LogP contribution in [0, 0.1) is 0 Å². The molecule has 2 aromatic rings. The van der Waals surface area contributed by atoms with E-state index in [1.807, 2.05) is 54.6 Å². The van der Waals surface area contributed by atoms with E-state index in [0.29, 0.717) is 18.9 Å². The standard InChI is InChI=1S/C16H17NO4/c1-19-16(18)17-11-12-20-13-7-9-15(10-8-13)21-14-5-3-2-4-6-14/h2-10H,11-12H2,1H3,(H,17,18). The normalized spacial score (nSPS) is 9.76. The van der Waals surface area contributed by atoms with Gasteiger partial charge < -0.3 is 19.5 Å². The first-order valence-corrected chi connectivity index (χ1v) is 6.55. The van der Waals surface area contributed by atoms with Crippen molar-refractivity contribution in [2.45, 2.75) is 0 Å². The molecular weight excluding hydrogens is 270 g/mol. The Labute approximate surface area is 123 Å². The Morgan fingerprint density at radius 1 is 0.952 bits per heavy atom. The topological polar surface area (TPSA) is 56.8 Å². The van der Waals surface area contributed by atoms with Crippen molar-refractivity contribution in [1.29, 1.82) is 0 Å². The minimum Gasteiger partial charge on any atom is -0.492 e. The molecule has 5 nitrogen and oxygen atoms in total. The van der Waals surface area contributed by atoms with E-state index in [9.17, 15) is 4.79 Å². The lowest BCUT2D eigenvalue weighted by Gasteiger charge is -2.09. The number of amides is 1. The molecule has 2 rings (SSSR count).